The fraction of sp³-hybridized carbons (Fsp3) is 0.455. The van der Waals surface area contributed by atoms with Crippen molar-refractivity contribution in [3.63, 3.8) is 0 Å². The first-order chi connectivity index (χ1) is 7.60. The Labute approximate surface area is 99.6 Å². The van der Waals surface area contributed by atoms with E-state index < -0.39 is 12.2 Å². The van der Waals surface area contributed by atoms with Gasteiger partial charge in [-0.1, -0.05) is 17.7 Å². The van der Waals surface area contributed by atoms with Crippen LogP contribution in [0.3, 0.4) is 0 Å². The van der Waals surface area contributed by atoms with Crippen molar-refractivity contribution in [2.45, 2.75) is 18.6 Å². The highest BCUT2D eigenvalue weighted by Gasteiger charge is 2.21. The summed E-state index contributed by atoms with van der Waals surface area (Å²) < 4.78 is 5.09. The molecule has 0 saturated carbocycles. The van der Waals surface area contributed by atoms with Crippen LogP contribution in [0.15, 0.2) is 18.2 Å². The van der Waals surface area contributed by atoms with Crippen LogP contribution in [-0.2, 0) is 0 Å². The number of ether oxygens (including phenoxy) is 1. The molecule has 0 fully saturated rings. The van der Waals surface area contributed by atoms with Gasteiger partial charge in [-0.05, 0) is 25.1 Å². The highest BCUT2D eigenvalue weighted by molar-refractivity contribution is 6.30. The topological polar surface area (TPSA) is 75.7 Å². The van der Waals surface area contributed by atoms with E-state index in [1.807, 2.05) is 0 Å². The second-order valence-electron chi connectivity index (χ2n) is 3.48. The molecule has 16 heavy (non-hydrogen) atoms. The Balaban J connectivity index is 2.93. The van der Waals surface area contributed by atoms with Crippen molar-refractivity contribution < 1.29 is 14.9 Å². The van der Waals surface area contributed by atoms with Gasteiger partial charge in [-0.3, -0.25) is 0 Å². The predicted molar refractivity (Wildman–Crippen MR) is 62.6 cm³/mol. The quantitative estimate of drug-likeness (QED) is 0.726. The minimum atomic E-state index is -1.02. The van der Waals surface area contributed by atoms with Crippen molar-refractivity contribution in [3.8, 4) is 5.75 Å². The number of methoxy groups -OCH3 is 1. The molecule has 0 radical (unpaired) electrons. The van der Waals surface area contributed by atoms with Crippen molar-refractivity contribution in [1.29, 1.82) is 0 Å². The summed E-state index contributed by atoms with van der Waals surface area (Å²) in [7, 11) is 1.48. The molecule has 0 heterocycles. The third-order valence-electron chi connectivity index (χ3n) is 2.34. The van der Waals surface area contributed by atoms with Gasteiger partial charge in [-0.15, -0.1) is 0 Å². The molecule has 0 spiro atoms. The summed E-state index contributed by atoms with van der Waals surface area (Å²) >= 11 is 5.80. The minimum Gasteiger partial charge on any atom is -0.496 e. The second kappa shape index (κ2) is 6.06. The first-order valence-electron chi connectivity index (χ1n) is 4.99. The zero-order valence-corrected chi connectivity index (χ0v) is 9.81. The van der Waals surface area contributed by atoms with E-state index in [-0.39, 0.29) is 0 Å². The van der Waals surface area contributed by atoms with Crippen molar-refractivity contribution in [2.24, 2.45) is 5.73 Å². The van der Waals surface area contributed by atoms with E-state index in [1.54, 1.807) is 18.2 Å². The molecular weight excluding hydrogens is 230 g/mol. The van der Waals surface area contributed by atoms with Crippen LogP contribution in [0.5, 0.6) is 5.75 Å². The largest absolute Gasteiger partial charge is 0.496 e. The molecule has 1 aromatic rings. The average Bonchev–Trinajstić information content (AvgIpc) is 2.28. The zero-order valence-electron chi connectivity index (χ0n) is 9.06. The molecule has 0 saturated heterocycles. The zero-order chi connectivity index (χ0) is 12.1. The predicted octanol–water partition coefficient (Wildman–Crippen LogP) is 1.09. The molecule has 1 rings (SSSR count). The highest BCUT2D eigenvalue weighted by atomic mass is 35.5. The van der Waals surface area contributed by atoms with Crippen molar-refractivity contribution in [2.75, 3.05) is 13.7 Å². The van der Waals surface area contributed by atoms with E-state index in [9.17, 15) is 10.2 Å². The Kier molecular flexibility index (Phi) is 5.02. The smallest absolute Gasteiger partial charge is 0.126 e. The van der Waals surface area contributed by atoms with Crippen molar-refractivity contribution >= 4 is 11.6 Å². The summed E-state index contributed by atoms with van der Waals surface area (Å²) in [6, 6.07) is 4.86. The van der Waals surface area contributed by atoms with E-state index in [4.69, 9.17) is 22.1 Å². The number of rotatable bonds is 5. The minimum absolute atomic E-state index is 0.314. The molecule has 5 heteroatoms. The van der Waals surface area contributed by atoms with E-state index in [0.717, 1.165) is 0 Å². The maximum atomic E-state index is 9.89. The maximum absolute atomic E-state index is 9.89. The van der Waals surface area contributed by atoms with Gasteiger partial charge in [0.1, 0.15) is 11.9 Å². The highest BCUT2D eigenvalue weighted by Crippen LogP contribution is 2.30. The number of aliphatic hydroxyl groups excluding tert-OH is 2. The summed E-state index contributed by atoms with van der Waals surface area (Å²) in [5.74, 6) is 0.455. The molecule has 4 nitrogen and oxygen atoms in total. The van der Waals surface area contributed by atoms with Crippen LogP contribution in [0, 0.1) is 0 Å². The van der Waals surface area contributed by atoms with Crippen LogP contribution in [0.4, 0.5) is 0 Å². The van der Waals surface area contributed by atoms with Crippen LogP contribution in [0.25, 0.3) is 0 Å². The number of aliphatic hydroxyl groups is 2. The van der Waals surface area contributed by atoms with Gasteiger partial charge in [-0.2, -0.15) is 0 Å². The fourth-order valence-electron chi connectivity index (χ4n) is 1.47. The molecule has 4 N–H and O–H groups in total. The summed E-state index contributed by atoms with van der Waals surface area (Å²) in [5.41, 5.74) is 5.82. The lowest BCUT2D eigenvalue weighted by atomic mass is 10.0. The molecule has 90 valence electrons. The van der Waals surface area contributed by atoms with Gasteiger partial charge in [-0.25, -0.2) is 0 Å². The van der Waals surface area contributed by atoms with Crippen molar-refractivity contribution in [1.82, 2.24) is 0 Å². The van der Waals surface area contributed by atoms with E-state index in [1.165, 1.54) is 7.11 Å². The maximum Gasteiger partial charge on any atom is 0.126 e. The Morgan fingerprint density at radius 3 is 2.69 bits per heavy atom. The van der Waals surface area contributed by atoms with Crippen LogP contribution in [0.2, 0.25) is 5.02 Å². The normalized spacial score (nSPS) is 14.6. The Morgan fingerprint density at radius 1 is 1.44 bits per heavy atom. The lowest BCUT2D eigenvalue weighted by Gasteiger charge is -2.19. The molecule has 1 aromatic carbocycles. The Bertz CT molecular complexity index is 346. The van der Waals surface area contributed by atoms with Gasteiger partial charge in [0.05, 0.1) is 13.2 Å². The van der Waals surface area contributed by atoms with E-state index in [2.05, 4.69) is 0 Å². The van der Waals surface area contributed by atoms with E-state index in [0.29, 0.717) is 29.3 Å². The summed E-state index contributed by atoms with van der Waals surface area (Å²) in [6.07, 6.45) is -1.59. The molecule has 2 atom stereocenters. The van der Waals surface area contributed by atoms with Gasteiger partial charge in [0.2, 0.25) is 0 Å². The molecule has 0 aliphatic heterocycles. The van der Waals surface area contributed by atoms with Crippen molar-refractivity contribution in [3.05, 3.63) is 28.8 Å². The van der Waals surface area contributed by atoms with Crippen LogP contribution >= 0.6 is 11.6 Å². The lowest BCUT2D eigenvalue weighted by molar-refractivity contribution is 0.0137. The monoisotopic (exact) mass is 245 g/mol. The van der Waals surface area contributed by atoms with Gasteiger partial charge in [0.15, 0.2) is 0 Å². The van der Waals surface area contributed by atoms with Gasteiger partial charge >= 0.3 is 0 Å². The number of benzene rings is 1. The SMILES string of the molecule is COc1cc(Cl)ccc1C(O)C(O)CCN. The van der Waals surface area contributed by atoms with Gasteiger partial charge in [0, 0.05) is 10.6 Å². The lowest BCUT2D eigenvalue weighted by Crippen LogP contribution is -2.22. The molecule has 0 aromatic heterocycles. The third-order valence-corrected chi connectivity index (χ3v) is 2.58. The van der Waals surface area contributed by atoms with E-state index >= 15 is 0 Å². The Hall–Kier alpha value is -0.810. The van der Waals surface area contributed by atoms with Crippen LogP contribution in [0.1, 0.15) is 18.1 Å². The van der Waals surface area contributed by atoms with Gasteiger partial charge < -0.3 is 20.7 Å². The average molecular weight is 246 g/mol. The van der Waals surface area contributed by atoms with Crippen LogP contribution < -0.4 is 10.5 Å². The van der Waals surface area contributed by atoms with Gasteiger partial charge in [0.25, 0.3) is 0 Å². The third kappa shape index (κ3) is 3.09. The molecule has 0 aliphatic rings. The van der Waals surface area contributed by atoms with Crippen LogP contribution in [-0.4, -0.2) is 30.0 Å². The number of hydrogen-bond acceptors (Lipinski definition) is 4. The molecule has 0 bridgehead atoms. The number of halogens is 1. The fourth-order valence-corrected chi connectivity index (χ4v) is 1.63. The first kappa shape index (κ1) is 13.3. The summed E-state index contributed by atoms with van der Waals surface area (Å²) in [4.78, 5) is 0. The second-order valence-corrected chi connectivity index (χ2v) is 3.91. The molecule has 0 aliphatic carbocycles. The summed E-state index contributed by atoms with van der Waals surface area (Å²) in [5, 5.41) is 20.1. The Morgan fingerprint density at radius 2 is 2.12 bits per heavy atom. The summed E-state index contributed by atoms with van der Waals surface area (Å²) in [6.45, 7) is 0.314. The number of nitrogens with two attached hydrogens (primary N) is 1. The first-order valence-corrected chi connectivity index (χ1v) is 5.37. The molecular formula is C11H16ClNO3. The molecule has 0 amide bonds. The standard InChI is InChI=1S/C11H16ClNO3/c1-16-10-6-7(12)2-3-8(10)11(15)9(14)4-5-13/h2-3,6,9,11,14-15H,4-5,13H2,1H3. The molecule has 2 unspecified atom stereocenters. The number of hydrogen-bond donors (Lipinski definition) is 3.